The number of rotatable bonds is 14. The zero-order chi connectivity index (χ0) is 15.9. The van der Waals surface area contributed by atoms with Gasteiger partial charge in [-0.05, 0) is 13.3 Å². The van der Waals surface area contributed by atoms with Crippen molar-refractivity contribution >= 4 is 38.7 Å². The van der Waals surface area contributed by atoms with E-state index in [4.69, 9.17) is 27.9 Å². The van der Waals surface area contributed by atoms with Crippen molar-refractivity contribution in [2.75, 3.05) is 6.61 Å². The molecule has 21 heavy (non-hydrogen) atoms. The van der Waals surface area contributed by atoms with Crippen molar-refractivity contribution in [2.24, 2.45) is 0 Å². The summed E-state index contributed by atoms with van der Waals surface area (Å²) in [6, 6.07) is 1.28. The topological polar surface area (TPSA) is 26.3 Å². The molecule has 0 radical (unpaired) electrons. The van der Waals surface area contributed by atoms with Crippen molar-refractivity contribution in [3.63, 3.8) is 0 Å². The normalized spacial score (nSPS) is 11.4. The van der Waals surface area contributed by atoms with E-state index in [1.165, 1.54) is 51.0 Å². The number of ether oxygens (including phenoxy) is 1. The SMILES string of the molecule is C=C(C)C(=O)OCCCCCCCCCCC[SiH2]C(Cl)Cl. The smallest absolute Gasteiger partial charge is 0.333 e. The van der Waals surface area contributed by atoms with Crippen LogP contribution in [0.4, 0.5) is 0 Å². The third-order valence-corrected chi connectivity index (χ3v) is 6.05. The number of alkyl halides is 2. The molecule has 5 heteroatoms. The van der Waals surface area contributed by atoms with Crippen molar-refractivity contribution in [1.29, 1.82) is 0 Å². The van der Waals surface area contributed by atoms with Crippen molar-refractivity contribution in [3.8, 4) is 0 Å². The molecule has 0 aromatic carbocycles. The van der Waals surface area contributed by atoms with Crippen LogP contribution in [0.5, 0.6) is 0 Å². The molecule has 0 aliphatic heterocycles. The van der Waals surface area contributed by atoms with Gasteiger partial charge in [-0.15, -0.1) is 23.2 Å². The molecule has 0 spiro atoms. The number of hydrogen-bond acceptors (Lipinski definition) is 2. The van der Waals surface area contributed by atoms with Gasteiger partial charge >= 0.3 is 5.97 Å². The Bertz CT molecular complexity index is 283. The van der Waals surface area contributed by atoms with Gasteiger partial charge < -0.3 is 4.74 Å². The largest absolute Gasteiger partial charge is 0.462 e. The van der Waals surface area contributed by atoms with Gasteiger partial charge in [0, 0.05) is 5.57 Å². The van der Waals surface area contributed by atoms with Gasteiger partial charge in [0.2, 0.25) is 0 Å². The molecule has 0 bridgehead atoms. The summed E-state index contributed by atoms with van der Waals surface area (Å²) in [4.78, 5) is 11.1. The molecule has 0 heterocycles. The van der Waals surface area contributed by atoms with E-state index in [1.54, 1.807) is 6.92 Å². The summed E-state index contributed by atoms with van der Waals surface area (Å²) in [5, 5.41) is 0. The van der Waals surface area contributed by atoms with Crippen LogP contribution in [0.15, 0.2) is 12.2 Å². The van der Waals surface area contributed by atoms with Crippen LogP contribution in [-0.4, -0.2) is 26.6 Å². The fourth-order valence-corrected chi connectivity index (χ4v) is 3.98. The first-order chi connectivity index (χ1) is 10.0. The number of unbranched alkanes of at least 4 members (excludes halogenated alkanes) is 8. The Morgan fingerprint density at radius 1 is 1.00 bits per heavy atom. The van der Waals surface area contributed by atoms with Crippen LogP contribution in [0.3, 0.4) is 0 Å². The molecule has 0 aliphatic carbocycles. The van der Waals surface area contributed by atoms with Gasteiger partial charge in [-0.2, -0.15) is 0 Å². The monoisotopic (exact) mass is 352 g/mol. The molecule has 0 saturated carbocycles. The molecule has 0 rings (SSSR count). The Morgan fingerprint density at radius 3 is 1.95 bits per heavy atom. The fourth-order valence-electron chi connectivity index (χ4n) is 2.10. The molecule has 0 aliphatic rings. The van der Waals surface area contributed by atoms with Crippen molar-refractivity contribution in [2.45, 2.75) is 75.2 Å². The van der Waals surface area contributed by atoms with Gasteiger partial charge in [0.1, 0.15) is 0 Å². The van der Waals surface area contributed by atoms with Gasteiger partial charge in [0.05, 0.1) is 20.6 Å². The molecule has 0 fully saturated rings. The lowest BCUT2D eigenvalue weighted by Crippen LogP contribution is -2.05. The van der Waals surface area contributed by atoms with Crippen LogP contribution < -0.4 is 0 Å². The summed E-state index contributed by atoms with van der Waals surface area (Å²) in [6.45, 7) is 5.75. The summed E-state index contributed by atoms with van der Waals surface area (Å²) in [6.07, 6.45) is 11.2. The molecular weight excluding hydrogens is 323 g/mol. The molecule has 0 amide bonds. The Balaban J connectivity index is 3.09. The maximum absolute atomic E-state index is 11.1. The summed E-state index contributed by atoms with van der Waals surface area (Å²) >= 11 is 11.5. The van der Waals surface area contributed by atoms with Crippen molar-refractivity contribution < 1.29 is 9.53 Å². The van der Waals surface area contributed by atoms with E-state index in [-0.39, 0.29) is 19.9 Å². The van der Waals surface area contributed by atoms with E-state index in [0.717, 1.165) is 12.8 Å². The minimum atomic E-state index is -0.271. The summed E-state index contributed by atoms with van der Waals surface area (Å²) in [5.74, 6) is -0.271. The van der Waals surface area contributed by atoms with Crippen LogP contribution in [0.1, 0.15) is 64.7 Å². The molecule has 0 aromatic heterocycles. The standard InChI is InChI=1S/C16H30Cl2O2Si/c1-14(2)15(19)20-12-10-8-6-4-3-5-7-9-11-13-21-16(17)18/h16H,1,3-13,21H2,2H3. The zero-order valence-corrected chi connectivity index (χ0v) is 16.3. The van der Waals surface area contributed by atoms with Crippen LogP contribution in [0, 0.1) is 0 Å². The number of hydrogen-bond donors (Lipinski definition) is 0. The Kier molecular flexibility index (Phi) is 14.9. The number of halogens is 2. The van der Waals surface area contributed by atoms with Crippen molar-refractivity contribution in [1.82, 2.24) is 0 Å². The fraction of sp³-hybridized carbons (Fsp3) is 0.812. The third-order valence-electron chi connectivity index (χ3n) is 3.40. The quantitative estimate of drug-likeness (QED) is 0.145. The van der Waals surface area contributed by atoms with Gasteiger partial charge in [-0.25, -0.2) is 4.79 Å². The average Bonchev–Trinajstić information content (AvgIpc) is 2.43. The number of carbonyl (C=O) groups excluding carboxylic acids is 1. The van der Waals surface area contributed by atoms with E-state index in [2.05, 4.69) is 6.58 Å². The second-order valence-electron chi connectivity index (χ2n) is 5.63. The van der Waals surface area contributed by atoms with Gasteiger partial charge in [0.15, 0.2) is 0 Å². The predicted octanol–water partition coefficient (Wildman–Crippen LogP) is 4.96. The summed E-state index contributed by atoms with van der Waals surface area (Å²) in [7, 11) is -0.231. The first kappa shape index (κ1) is 21.0. The van der Waals surface area contributed by atoms with Gasteiger partial charge in [0.25, 0.3) is 0 Å². The Labute approximate surface area is 142 Å². The highest BCUT2D eigenvalue weighted by Crippen LogP contribution is 2.12. The van der Waals surface area contributed by atoms with Crippen molar-refractivity contribution in [3.05, 3.63) is 12.2 Å². The highest BCUT2D eigenvalue weighted by molar-refractivity contribution is 6.68. The van der Waals surface area contributed by atoms with Gasteiger partial charge in [-0.3, -0.25) is 0 Å². The molecule has 0 saturated heterocycles. The highest BCUT2D eigenvalue weighted by Gasteiger charge is 2.02. The van der Waals surface area contributed by atoms with E-state index in [0.29, 0.717) is 12.2 Å². The van der Waals surface area contributed by atoms with Crippen LogP contribution in [0.25, 0.3) is 0 Å². The minimum absolute atomic E-state index is 0.0559. The first-order valence-electron chi connectivity index (χ1n) is 8.15. The van der Waals surface area contributed by atoms with E-state index >= 15 is 0 Å². The lowest BCUT2D eigenvalue weighted by molar-refractivity contribution is -0.139. The molecule has 0 aromatic rings. The molecule has 0 atom stereocenters. The van der Waals surface area contributed by atoms with Crippen LogP contribution >= 0.6 is 23.2 Å². The molecular formula is C16H30Cl2O2Si. The van der Waals surface area contributed by atoms with E-state index in [9.17, 15) is 4.79 Å². The zero-order valence-electron chi connectivity index (χ0n) is 13.3. The molecule has 0 unspecified atom stereocenters. The van der Waals surface area contributed by atoms with E-state index < -0.39 is 0 Å². The lowest BCUT2D eigenvalue weighted by atomic mass is 10.1. The first-order valence-corrected chi connectivity index (χ1v) is 10.8. The predicted molar refractivity (Wildman–Crippen MR) is 96.2 cm³/mol. The maximum atomic E-state index is 11.1. The lowest BCUT2D eigenvalue weighted by Gasteiger charge is -2.04. The second-order valence-corrected chi connectivity index (χ2v) is 10.0. The summed E-state index contributed by atoms with van der Waals surface area (Å²) < 4.78 is 4.99. The maximum Gasteiger partial charge on any atom is 0.333 e. The molecule has 2 nitrogen and oxygen atoms in total. The van der Waals surface area contributed by atoms with Crippen LogP contribution in [-0.2, 0) is 9.53 Å². The molecule has 124 valence electrons. The summed E-state index contributed by atoms with van der Waals surface area (Å²) in [5.41, 5.74) is 0.477. The van der Waals surface area contributed by atoms with Crippen LogP contribution in [0.2, 0.25) is 6.04 Å². The Hall–Kier alpha value is 0.00688. The Morgan fingerprint density at radius 2 is 1.48 bits per heavy atom. The average molecular weight is 353 g/mol. The number of carbonyl (C=O) groups is 1. The highest BCUT2D eigenvalue weighted by atomic mass is 35.5. The van der Waals surface area contributed by atoms with E-state index in [1.807, 2.05) is 0 Å². The second kappa shape index (κ2) is 14.9. The number of esters is 1. The molecule has 0 N–H and O–H groups in total. The van der Waals surface area contributed by atoms with Gasteiger partial charge in [-0.1, -0.05) is 64.0 Å². The third kappa shape index (κ3) is 16.2. The minimum Gasteiger partial charge on any atom is -0.462 e.